The van der Waals surface area contributed by atoms with Crippen molar-refractivity contribution >= 4 is 21.6 Å². The Labute approximate surface area is 130 Å². The molecule has 2 rings (SSSR count). The zero-order valence-electron chi connectivity index (χ0n) is 12.0. The van der Waals surface area contributed by atoms with E-state index in [2.05, 4.69) is 45.2 Å². The molecule has 0 saturated carbocycles. The number of hydrogen-bond acceptors (Lipinski definition) is 3. The molecule has 1 fully saturated rings. The molecule has 108 valence electrons. The summed E-state index contributed by atoms with van der Waals surface area (Å²) in [7, 11) is 0. The van der Waals surface area contributed by atoms with Crippen LogP contribution in [-0.4, -0.2) is 26.2 Å². The van der Waals surface area contributed by atoms with Crippen molar-refractivity contribution in [1.82, 2.24) is 5.32 Å². The average Bonchev–Trinajstić information content (AvgIpc) is 2.47. The molecule has 0 aliphatic carbocycles. The Bertz CT molecular complexity index is 475. The third kappa shape index (κ3) is 3.74. The van der Waals surface area contributed by atoms with Gasteiger partial charge < -0.3 is 10.2 Å². The lowest BCUT2D eigenvalue weighted by Gasteiger charge is -2.32. The van der Waals surface area contributed by atoms with Crippen LogP contribution < -0.4 is 10.2 Å². The lowest BCUT2D eigenvalue weighted by molar-refractivity contribution is 0.376. The molecule has 1 atom stereocenters. The number of piperidine rings is 1. The van der Waals surface area contributed by atoms with Gasteiger partial charge in [-0.05, 0) is 66.3 Å². The van der Waals surface area contributed by atoms with Crippen LogP contribution in [0.5, 0.6) is 0 Å². The molecule has 0 aromatic heterocycles. The summed E-state index contributed by atoms with van der Waals surface area (Å²) in [6.45, 7) is 6.46. The van der Waals surface area contributed by atoms with Crippen LogP contribution >= 0.6 is 15.9 Å². The van der Waals surface area contributed by atoms with Crippen molar-refractivity contribution in [3.8, 4) is 6.07 Å². The van der Waals surface area contributed by atoms with Crippen LogP contribution in [0.25, 0.3) is 0 Å². The molecule has 1 aliphatic heterocycles. The van der Waals surface area contributed by atoms with E-state index < -0.39 is 0 Å². The fraction of sp³-hybridized carbons (Fsp3) is 0.562. The van der Waals surface area contributed by atoms with Gasteiger partial charge >= 0.3 is 0 Å². The summed E-state index contributed by atoms with van der Waals surface area (Å²) in [5.74, 6) is 0.681. The Morgan fingerprint density at radius 2 is 2.35 bits per heavy atom. The topological polar surface area (TPSA) is 39.1 Å². The second kappa shape index (κ2) is 7.66. The number of rotatable bonds is 5. The van der Waals surface area contributed by atoms with Gasteiger partial charge in [0.2, 0.25) is 0 Å². The van der Waals surface area contributed by atoms with Crippen molar-refractivity contribution in [3.05, 3.63) is 28.2 Å². The lowest BCUT2D eigenvalue weighted by Crippen LogP contribution is -2.39. The highest BCUT2D eigenvalue weighted by atomic mass is 79.9. The minimum absolute atomic E-state index is 0.681. The Balaban J connectivity index is 2.19. The van der Waals surface area contributed by atoms with Gasteiger partial charge in [0.25, 0.3) is 0 Å². The van der Waals surface area contributed by atoms with E-state index in [1.54, 1.807) is 0 Å². The summed E-state index contributed by atoms with van der Waals surface area (Å²) in [6.07, 6.45) is 3.63. The van der Waals surface area contributed by atoms with Crippen LogP contribution in [0, 0.1) is 17.2 Å². The van der Waals surface area contributed by atoms with Gasteiger partial charge in [-0.15, -0.1) is 0 Å². The van der Waals surface area contributed by atoms with Crippen LogP contribution in [-0.2, 0) is 0 Å². The molecular formula is C16H22BrN3. The molecule has 1 unspecified atom stereocenters. The quantitative estimate of drug-likeness (QED) is 0.894. The Morgan fingerprint density at radius 3 is 3.00 bits per heavy atom. The predicted octanol–water partition coefficient (Wildman–Crippen LogP) is 3.54. The highest BCUT2D eigenvalue weighted by Crippen LogP contribution is 2.28. The molecule has 1 aliphatic rings. The minimum atomic E-state index is 0.681. The molecule has 0 bridgehead atoms. The van der Waals surface area contributed by atoms with E-state index in [-0.39, 0.29) is 0 Å². The van der Waals surface area contributed by atoms with E-state index >= 15 is 0 Å². The number of benzene rings is 1. The Kier molecular flexibility index (Phi) is 5.87. The summed E-state index contributed by atoms with van der Waals surface area (Å²) in [4.78, 5) is 2.38. The number of anilines is 1. The van der Waals surface area contributed by atoms with Gasteiger partial charge in [0, 0.05) is 17.6 Å². The van der Waals surface area contributed by atoms with Gasteiger partial charge in [-0.1, -0.05) is 13.0 Å². The van der Waals surface area contributed by atoms with Crippen LogP contribution in [0.1, 0.15) is 31.7 Å². The molecule has 1 heterocycles. The molecule has 1 aromatic rings. The van der Waals surface area contributed by atoms with Crippen molar-refractivity contribution in [2.24, 2.45) is 5.92 Å². The first-order chi connectivity index (χ1) is 9.76. The molecule has 1 N–H and O–H groups in total. The normalized spacial score (nSPS) is 18.6. The third-order valence-corrected chi connectivity index (χ3v) is 4.48. The van der Waals surface area contributed by atoms with Crippen LogP contribution in [0.4, 0.5) is 5.69 Å². The van der Waals surface area contributed by atoms with Gasteiger partial charge in [-0.3, -0.25) is 0 Å². The smallest absolute Gasteiger partial charge is 0.103 e. The number of nitrogens with one attached hydrogen (secondary N) is 1. The van der Waals surface area contributed by atoms with Gasteiger partial charge in [0.1, 0.15) is 6.07 Å². The zero-order chi connectivity index (χ0) is 14.4. The molecule has 0 spiro atoms. The molecular weight excluding hydrogens is 314 g/mol. The molecule has 20 heavy (non-hydrogen) atoms. The van der Waals surface area contributed by atoms with E-state index in [9.17, 15) is 5.26 Å². The number of hydrogen-bond donors (Lipinski definition) is 1. The van der Waals surface area contributed by atoms with Gasteiger partial charge in [-0.25, -0.2) is 0 Å². The predicted molar refractivity (Wildman–Crippen MR) is 87.0 cm³/mol. The second-order valence-electron chi connectivity index (χ2n) is 5.40. The third-order valence-electron chi connectivity index (χ3n) is 3.82. The number of nitriles is 1. The van der Waals surface area contributed by atoms with Crippen molar-refractivity contribution < 1.29 is 0 Å². The first-order valence-electron chi connectivity index (χ1n) is 7.40. The van der Waals surface area contributed by atoms with E-state index in [4.69, 9.17) is 0 Å². The van der Waals surface area contributed by atoms with E-state index in [1.165, 1.54) is 12.8 Å². The molecule has 0 amide bonds. The fourth-order valence-corrected chi connectivity index (χ4v) is 3.30. The summed E-state index contributed by atoms with van der Waals surface area (Å²) in [5, 5.41) is 12.9. The fourth-order valence-electron chi connectivity index (χ4n) is 2.86. The highest BCUT2D eigenvalue weighted by Gasteiger charge is 2.19. The van der Waals surface area contributed by atoms with Gasteiger partial charge in [-0.2, -0.15) is 5.26 Å². The standard InChI is InChI=1S/C16H22BrN3/c1-2-9-20(12-13-5-4-8-19-11-13)16-7-3-6-15(17)14(16)10-18/h3,6-7,13,19H,2,4-5,8-9,11-12H2,1H3. The average molecular weight is 336 g/mol. The van der Waals surface area contributed by atoms with Crippen molar-refractivity contribution in [2.75, 3.05) is 31.1 Å². The summed E-state index contributed by atoms with van der Waals surface area (Å²) >= 11 is 3.49. The Morgan fingerprint density at radius 1 is 1.50 bits per heavy atom. The monoisotopic (exact) mass is 335 g/mol. The van der Waals surface area contributed by atoms with Gasteiger partial charge in [0.05, 0.1) is 11.3 Å². The Hall–Kier alpha value is -1.05. The minimum Gasteiger partial charge on any atom is -0.370 e. The highest BCUT2D eigenvalue weighted by molar-refractivity contribution is 9.10. The van der Waals surface area contributed by atoms with E-state index in [1.807, 2.05) is 12.1 Å². The van der Waals surface area contributed by atoms with Crippen molar-refractivity contribution in [2.45, 2.75) is 26.2 Å². The maximum atomic E-state index is 9.40. The maximum Gasteiger partial charge on any atom is 0.103 e. The number of nitrogens with zero attached hydrogens (tertiary/aromatic N) is 2. The van der Waals surface area contributed by atoms with E-state index in [0.717, 1.165) is 48.3 Å². The molecule has 4 heteroatoms. The van der Waals surface area contributed by atoms with Crippen LogP contribution in [0.2, 0.25) is 0 Å². The zero-order valence-corrected chi connectivity index (χ0v) is 13.6. The molecule has 3 nitrogen and oxygen atoms in total. The number of halogens is 1. The molecule has 1 saturated heterocycles. The molecule has 1 aromatic carbocycles. The van der Waals surface area contributed by atoms with Gasteiger partial charge in [0.15, 0.2) is 0 Å². The van der Waals surface area contributed by atoms with Crippen molar-refractivity contribution in [3.63, 3.8) is 0 Å². The lowest BCUT2D eigenvalue weighted by atomic mass is 9.98. The summed E-state index contributed by atoms with van der Waals surface area (Å²) in [6, 6.07) is 8.36. The molecule has 0 radical (unpaired) electrons. The largest absolute Gasteiger partial charge is 0.370 e. The first kappa shape index (κ1) is 15.3. The summed E-state index contributed by atoms with van der Waals surface area (Å²) < 4.78 is 0.889. The summed E-state index contributed by atoms with van der Waals surface area (Å²) in [5.41, 5.74) is 1.82. The van der Waals surface area contributed by atoms with Crippen LogP contribution in [0.3, 0.4) is 0 Å². The van der Waals surface area contributed by atoms with Crippen LogP contribution in [0.15, 0.2) is 22.7 Å². The maximum absolute atomic E-state index is 9.40. The second-order valence-corrected chi connectivity index (χ2v) is 6.26. The SMILES string of the molecule is CCCN(CC1CCCNC1)c1cccc(Br)c1C#N. The first-order valence-corrected chi connectivity index (χ1v) is 8.19. The van der Waals surface area contributed by atoms with E-state index in [0.29, 0.717) is 5.92 Å². The van der Waals surface area contributed by atoms with Crippen molar-refractivity contribution in [1.29, 1.82) is 5.26 Å².